The second-order valence-corrected chi connectivity index (χ2v) is 8.47. The highest BCUT2D eigenvalue weighted by Crippen LogP contribution is 2.36. The van der Waals surface area contributed by atoms with E-state index in [9.17, 15) is 4.79 Å². The monoisotopic (exact) mass is 436 g/mol. The van der Waals surface area contributed by atoms with E-state index in [2.05, 4.69) is 10.1 Å². The minimum absolute atomic E-state index is 0.0886. The van der Waals surface area contributed by atoms with Crippen molar-refractivity contribution in [2.45, 2.75) is 13.1 Å². The van der Waals surface area contributed by atoms with Crippen molar-refractivity contribution in [2.24, 2.45) is 0 Å². The third-order valence-corrected chi connectivity index (χ3v) is 6.12. The average Bonchev–Trinajstić information content (AvgIpc) is 3.48. The van der Waals surface area contributed by atoms with Crippen LogP contribution in [0.15, 0.2) is 60.0 Å². The fraction of sp³-hybridized carbons (Fsp3) is 0.143. The Hall–Kier alpha value is -3.17. The van der Waals surface area contributed by atoms with Crippen LogP contribution < -0.4 is 9.47 Å². The van der Waals surface area contributed by atoms with Crippen molar-refractivity contribution in [3.8, 4) is 11.5 Å². The number of thioether (sulfide) groups is 1. The van der Waals surface area contributed by atoms with Crippen LogP contribution >= 0.6 is 24.0 Å². The van der Waals surface area contributed by atoms with E-state index in [-0.39, 0.29) is 12.7 Å². The summed E-state index contributed by atoms with van der Waals surface area (Å²) in [6.07, 6.45) is 5.07. The normalized spacial score (nSPS) is 16.7. The van der Waals surface area contributed by atoms with Gasteiger partial charge in [0, 0.05) is 0 Å². The van der Waals surface area contributed by atoms with Gasteiger partial charge in [0.2, 0.25) is 6.79 Å². The van der Waals surface area contributed by atoms with Crippen LogP contribution in [0.25, 0.3) is 6.08 Å². The largest absolute Gasteiger partial charge is 0.454 e. The zero-order valence-electron chi connectivity index (χ0n) is 15.7. The van der Waals surface area contributed by atoms with Crippen LogP contribution in [-0.4, -0.2) is 36.7 Å². The maximum atomic E-state index is 12.9. The molecule has 0 saturated carbocycles. The molecule has 7 nitrogen and oxygen atoms in total. The van der Waals surface area contributed by atoms with Crippen molar-refractivity contribution in [2.75, 3.05) is 6.79 Å². The van der Waals surface area contributed by atoms with Crippen molar-refractivity contribution in [3.63, 3.8) is 0 Å². The molecule has 0 unspecified atom stereocenters. The molecule has 1 aromatic heterocycles. The van der Waals surface area contributed by atoms with Crippen LogP contribution in [0.2, 0.25) is 0 Å². The first kappa shape index (κ1) is 18.8. The van der Waals surface area contributed by atoms with Gasteiger partial charge >= 0.3 is 0 Å². The second kappa shape index (κ2) is 7.92. The molecule has 2 aromatic carbocycles. The van der Waals surface area contributed by atoms with Crippen molar-refractivity contribution in [1.82, 2.24) is 19.7 Å². The lowest BCUT2D eigenvalue weighted by Gasteiger charge is -2.14. The molecule has 0 aliphatic carbocycles. The first-order valence-electron chi connectivity index (χ1n) is 9.21. The maximum Gasteiger partial charge on any atom is 0.266 e. The van der Waals surface area contributed by atoms with Crippen molar-refractivity contribution in [1.29, 1.82) is 0 Å². The molecule has 9 heteroatoms. The number of hydrogen-bond acceptors (Lipinski definition) is 7. The highest BCUT2D eigenvalue weighted by molar-refractivity contribution is 8.26. The Morgan fingerprint density at radius 2 is 1.87 bits per heavy atom. The first-order chi connectivity index (χ1) is 14.7. The van der Waals surface area contributed by atoms with Gasteiger partial charge in [-0.25, -0.2) is 9.67 Å². The van der Waals surface area contributed by atoms with Gasteiger partial charge in [-0.05, 0) is 34.9 Å². The molecule has 0 bridgehead atoms. The molecule has 0 spiro atoms. The summed E-state index contributed by atoms with van der Waals surface area (Å²) >= 11 is 6.77. The zero-order valence-corrected chi connectivity index (χ0v) is 17.4. The molecular weight excluding hydrogens is 420 g/mol. The third-order valence-electron chi connectivity index (χ3n) is 4.74. The fourth-order valence-electron chi connectivity index (χ4n) is 3.23. The van der Waals surface area contributed by atoms with E-state index in [0.29, 0.717) is 28.1 Å². The van der Waals surface area contributed by atoms with Crippen molar-refractivity contribution in [3.05, 3.63) is 76.7 Å². The fourth-order valence-corrected chi connectivity index (χ4v) is 4.49. The number of carbonyl (C=O) groups excluding carboxylic acids is 1. The minimum Gasteiger partial charge on any atom is -0.454 e. The lowest BCUT2D eigenvalue weighted by Crippen LogP contribution is -2.27. The number of thiocarbonyl (C=S) groups is 1. The molecule has 5 rings (SSSR count). The van der Waals surface area contributed by atoms with E-state index < -0.39 is 0 Å². The second-order valence-electron chi connectivity index (χ2n) is 6.79. The molecule has 1 amide bonds. The molecule has 0 N–H and O–H groups in total. The van der Waals surface area contributed by atoms with E-state index in [0.717, 1.165) is 22.4 Å². The molecule has 2 aliphatic heterocycles. The number of nitrogens with zero attached hydrogens (tertiary/aromatic N) is 4. The van der Waals surface area contributed by atoms with Crippen LogP contribution in [-0.2, 0) is 17.9 Å². The van der Waals surface area contributed by atoms with Crippen LogP contribution in [0, 0.1) is 0 Å². The van der Waals surface area contributed by atoms with E-state index in [1.807, 2.05) is 48.5 Å². The highest BCUT2D eigenvalue weighted by atomic mass is 32.2. The smallest absolute Gasteiger partial charge is 0.266 e. The van der Waals surface area contributed by atoms with Gasteiger partial charge in [0.15, 0.2) is 11.5 Å². The van der Waals surface area contributed by atoms with Gasteiger partial charge < -0.3 is 9.47 Å². The molecule has 2 aliphatic rings. The summed E-state index contributed by atoms with van der Waals surface area (Å²) in [5.41, 5.74) is 2.99. The number of hydrogen-bond donors (Lipinski definition) is 0. The van der Waals surface area contributed by atoms with Crippen LogP contribution in [0.5, 0.6) is 11.5 Å². The number of amides is 1. The lowest BCUT2D eigenvalue weighted by atomic mass is 10.1. The van der Waals surface area contributed by atoms with Gasteiger partial charge in [0.05, 0.1) is 18.0 Å². The SMILES string of the molecule is O=C1C(=Cc2ccc(Cn3cncn3)cc2)SC(=S)N1Cc1ccc2c(c1)OCO2. The minimum atomic E-state index is -0.0886. The Morgan fingerprint density at radius 3 is 2.67 bits per heavy atom. The number of benzene rings is 2. The summed E-state index contributed by atoms with van der Waals surface area (Å²) in [5, 5.41) is 4.11. The summed E-state index contributed by atoms with van der Waals surface area (Å²) in [7, 11) is 0. The number of aromatic nitrogens is 3. The molecule has 0 atom stereocenters. The van der Waals surface area contributed by atoms with E-state index in [1.165, 1.54) is 18.1 Å². The maximum absolute atomic E-state index is 12.9. The molecule has 0 radical (unpaired) electrons. The van der Waals surface area contributed by atoms with E-state index in [1.54, 1.807) is 15.9 Å². The van der Waals surface area contributed by atoms with Crippen molar-refractivity contribution < 1.29 is 14.3 Å². The number of carbonyl (C=O) groups is 1. The Bertz CT molecular complexity index is 1140. The predicted molar refractivity (Wildman–Crippen MR) is 117 cm³/mol. The summed E-state index contributed by atoms with van der Waals surface area (Å²) < 4.78 is 13.1. The molecule has 1 fully saturated rings. The van der Waals surface area contributed by atoms with Gasteiger partial charge in [0.1, 0.15) is 17.0 Å². The number of rotatable bonds is 5. The highest BCUT2D eigenvalue weighted by Gasteiger charge is 2.32. The lowest BCUT2D eigenvalue weighted by molar-refractivity contribution is -0.122. The third kappa shape index (κ3) is 3.81. The Morgan fingerprint density at radius 1 is 1.07 bits per heavy atom. The summed E-state index contributed by atoms with van der Waals surface area (Å²) in [6.45, 7) is 1.27. The summed E-state index contributed by atoms with van der Waals surface area (Å²) in [4.78, 5) is 19.1. The number of fused-ring (bicyclic) bond motifs is 1. The van der Waals surface area contributed by atoms with E-state index >= 15 is 0 Å². The van der Waals surface area contributed by atoms with E-state index in [4.69, 9.17) is 21.7 Å². The average molecular weight is 437 g/mol. The Balaban J connectivity index is 1.29. The molecule has 3 heterocycles. The van der Waals surface area contributed by atoms with Crippen LogP contribution in [0.4, 0.5) is 0 Å². The molecule has 3 aromatic rings. The van der Waals surface area contributed by atoms with Gasteiger partial charge in [-0.1, -0.05) is 54.3 Å². The van der Waals surface area contributed by atoms with Crippen molar-refractivity contribution >= 4 is 40.3 Å². The number of ether oxygens (including phenoxy) is 2. The van der Waals surface area contributed by atoms with Gasteiger partial charge in [-0.2, -0.15) is 5.10 Å². The Labute approximate surface area is 182 Å². The van der Waals surface area contributed by atoms with Gasteiger partial charge in [-0.3, -0.25) is 9.69 Å². The van der Waals surface area contributed by atoms with Gasteiger partial charge in [0.25, 0.3) is 5.91 Å². The molecular formula is C21H16N4O3S2. The summed E-state index contributed by atoms with van der Waals surface area (Å²) in [5.74, 6) is 1.32. The summed E-state index contributed by atoms with van der Waals surface area (Å²) in [6, 6.07) is 13.7. The van der Waals surface area contributed by atoms with Crippen LogP contribution in [0.1, 0.15) is 16.7 Å². The molecule has 150 valence electrons. The predicted octanol–water partition coefficient (Wildman–Crippen LogP) is 3.46. The zero-order chi connectivity index (χ0) is 20.5. The van der Waals surface area contributed by atoms with Crippen LogP contribution in [0.3, 0.4) is 0 Å². The standard InChI is InChI=1S/C21H16N4O3S2/c26-20-19(8-14-1-3-15(4-2-14)9-24-12-22-11-23-24)30-21(29)25(20)10-16-5-6-17-18(7-16)28-13-27-17/h1-8,11-12H,9-10,13H2. The molecule has 1 saturated heterocycles. The quantitative estimate of drug-likeness (QED) is 0.448. The topological polar surface area (TPSA) is 69.5 Å². The van der Waals surface area contributed by atoms with Gasteiger partial charge in [-0.15, -0.1) is 0 Å². The first-order valence-corrected chi connectivity index (χ1v) is 10.4. The molecule has 30 heavy (non-hydrogen) atoms. The Kier molecular flexibility index (Phi) is 4.97.